The summed E-state index contributed by atoms with van der Waals surface area (Å²) in [5.74, 6) is 1.79. The van der Waals surface area contributed by atoms with E-state index < -0.39 is 6.09 Å². The number of methoxy groups -OCH3 is 3. The number of nitrogens with zero attached hydrogens (tertiary/aromatic N) is 1. The molecule has 0 saturated carbocycles. The molecule has 8 nitrogen and oxygen atoms in total. The van der Waals surface area contributed by atoms with Gasteiger partial charge in [0, 0.05) is 25.7 Å². The Morgan fingerprint density at radius 2 is 1.73 bits per heavy atom. The highest BCUT2D eigenvalue weighted by molar-refractivity contribution is 6.15. The second-order valence-corrected chi connectivity index (χ2v) is 6.74. The van der Waals surface area contributed by atoms with Crippen LogP contribution in [0.15, 0.2) is 30.0 Å². The number of carbonyl (C=O) groups excluding carboxylic acids is 2. The van der Waals surface area contributed by atoms with E-state index in [0.717, 1.165) is 0 Å². The number of hydrogen-bond donors (Lipinski definition) is 0. The van der Waals surface area contributed by atoms with Gasteiger partial charge in [-0.15, -0.1) is 0 Å². The number of benzene rings is 2. The molecule has 0 unspecified atom stereocenters. The first-order chi connectivity index (χ1) is 14.3. The van der Waals surface area contributed by atoms with Crippen molar-refractivity contribution in [3.63, 3.8) is 0 Å². The van der Waals surface area contributed by atoms with Gasteiger partial charge < -0.3 is 28.6 Å². The van der Waals surface area contributed by atoms with E-state index in [2.05, 4.69) is 0 Å². The van der Waals surface area contributed by atoms with E-state index in [0.29, 0.717) is 45.4 Å². The fourth-order valence-electron chi connectivity index (χ4n) is 3.11. The van der Waals surface area contributed by atoms with E-state index in [1.165, 1.54) is 32.3 Å². The maximum Gasteiger partial charge on any atom is 0.414 e. The van der Waals surface area contributed by atoms with E-state index in [1.54, 1.807) is 45.3 Å². The minimum absolute atomic E-state index is 0.120. The number of Topliss-reactive ketones (excluding diaryl/α,β-unsaturated/α-hetero) is 1. The van der Waals surface area contributed by atoms with Crippen molar-refractivity contribution in [1.82, 2.24) is 4.90 Å². The van der Waals surface area contributed by atoms with Crippen LogP contribution in [-0.4, -0.2) is 52.2 Å². The molecule has 0 aliphatic carbocycles. The fraction of sp³-hybridized carbons (Fsp3) is 0.273. The lowest BCUT2D eigenvalue weighted by Crippen LogP contribution is -2.25. The summed E-state index contributed by atoms with van der Waals surface area (Å²) < 4.78 is 27.2. The summed E-state index contributed by atoms with van der Waals surface area (Å²) in [5, 5.41) is 0. The predicted octanol–water partition coefficient (Wildman–Crippen LogP) is 3.70. The van der Waals surface area contributed by atoms with E-state index in [1.807, 2.05) is 0 Å². The molecule has 1 aliphatic rings. The first-order valence-electron chi connectivity index (χ1n) is 9.07. The minimum Gasteiger partial charge on any atom is -0.493 e. The molecule has 3 rings (SSSR count). The normalized spacial score (nSPS) is 13.5. The second-order valence-electron chi connectivity index (χ2n) is 6.74. The van der Waals surface area contributed by atoms with Crippen LogP contribution in [0.2, 0.25) is 0 Å². The van der Waals surface area contributed by atoms with E-state index >= 15 is 0 Å². The van der Waals surface area contributed by atoms with Crippen molar-refractivity contribution in [3.8, 4) is 28.7 Å². The molecule has 0 atom stereocenters. The van der Waals surface area contributed by atoms with Gasteiger partial charge in [-0.1, -0.05) is 0 Å². The third-order valence-electron chi connectivity index (χ3n) is 4.54. The highest BCUT2D eigenvalue weighted by Gasteiger charge is 2.31. The number of amides is 1. The molecule has 1 amide bonds. The molecule has 1 aliphatic heterocycles. The Labute approximate surface area is 174 Å². The molecule has 0 aromatic heterocycles. The van der Waals surface area contributed by atoms with Crippen molar-refractivity contribution in [3.05, 3.63) is 46.7 Å². The van der Waals surface area contributed by atoms with Crippen LogP contribution < -0.4 is 23.7 Å². The standard InChI is InChI=1S/C22H23NO7/c1-12-9-14(29-22(25)23(2)3)11-16-18(12)19(24)17(30-16)10-13-7-8-15(26-4)21(28-6)20(13)27-5/h7-11H,1-6H3/b17-10-. The Morgan fingerprint density at radius 3 is 2.33 bits per heavy atom. The Hall–Kier alpha value is -3.68. The second kappa shape index (κ2) is 8.36. The van der Waals surface area contributed by atoms with Crippen LogP contribution in [0.25, 0.3) is 6.08 Å². The molecule has 8 heteroatoms. The van der Waals surface area contributed by atoms with Crippen LogP contribution in [0, 0.1) is 6.92 Å². The number of hydrogen-bond acceptors (Lipinski definition) is 7. The summed E-state index contributed by atoms with van der Waals surface area (Å²) in [6.45, 7) is 1.76. The van der Waals surface area contributed by atoms with E-state index in [9.17, 15) is 9.59 Å². The number of rotatable bonds is 5. The quantitative estimate of drug-likeness (QED) is 0.691. The summed E-state index contributed by atoms with van der Waals surface area (Å²) in [5.41, 5.74) is 1.65. The molecule has 2 aromatic rings. The molecule has 2 aromatic carbocycles. The average Bonchev–Trinajstić information content (AvgIpc) is 3.02. The summed E-state index contributed by atoms with van der Waals surface area (Å²) in [4.78, 5) is 26.1. The van der Waals surface area contributed by atoms with Gasteiger partial charge in [0.15, 0.2) is 17.3 Å². The third kappa shape index (κ3) is 3.76. The van der Waals surface area contributed by atoms with Crippen molar-refractivity contribution < 1.29 is 33.3 Å². The zero-order valence-electron chi connectivity index (χ0n) is 17.7. The molecular formula is C22H23NO7. The number of ether oxygens (including phenoxy) is 5. The molecule has 0 spiro atoms. The summed E-state index contributed by atoms with van der Waals surface area (Å²) in [6, 6.07) is 6.60. The van der Waals surface area contributed by atoms with Crippen LogP contribution in [0.4, 0.5) is 4.79 Å². The van der Waals surface area contributed by atoms with Crippen LogP contribution in [0.5, 0.6) is 28.7 Å². The van der Waals surface area contributed by atoms with E-state index in [-0.39, 0.29) is 11.5 Å². The van der Waals surface area contributed by atoms with Crippen LogP contribution in [-0.2, 0) is 0 Å². The number of aryl methyl sites for hydroxylation is 1. The highest BCUT2D eigenvalue weighted by atomic mass is 16.6. The van der Waals surface area contributed by atoms with Gasteiger partial charge in [-0.05, 0) is 36.8 Å². The number of fused-ring (bicyclic) bond motifs is 1. The van der Waals surface area contributed by atoms with Gasteiger partial charge in [0.05, 0.1) is 26.9 Å². The lowest BCUT2D eigenvalue weighted by molar-refractivity contribution is 0.101. The van der Waals surface area contributed by atoms with Gasteiger partial charge in [-0.25, -0.2) is 4.79 Å². The first-order valence-corrected chi connectivity index (χ1v) is 9.07. The van der Waals surface area contributed by atoms with Crippen molar-refractivity contribution >= 4 is 18.0 Å². The summed E-state index contributed by atoms with van der Waals surface area (Å²) in [7, 11) is 7.70. The molecule has 0 radical (unpaired) electrons. The summed E-state index contributed by atoms with van der Waals surface area (Å²) >= 11 is 0. The van der Waals surface area contributed by atoms with Gasteiger partial charge in [0.1, 0.15) is 11.5 Å². The van der Waals surface area contributed by atoms with Crippen molar-refractivity contribution in [2.45, 2.75) is 6.92 Å². The lowest BCUT2D eigenvalue weighted by atomic mass is 10.0. The summed E-state index contributed by atoms with van der Waals surface area (Å²) in [6.07, 6.45) is 1.05. The SMILES string of the molecule is COc1ccc(/C=C2\Oc3cc(OC(=O)N(C)C)cc(C)c3C2=O)c(OC)c1OC. The van der Waals surface area contributed by atoms with Gasteiger partial charge >= 0.3 is 6.09 Å². The maximum absolute atomic E-state index is 12.9. The zero-order valence-corrected chi connectivity index (χ0v) is 17.7. The van der Waals surface area contributed by atoms with Crippen LogP contribution in [0.1, 0.15) is 21.5 Å². The molecular weight excluding hydrogens is 390 g/mol. The molecule has 0 N–H and O–H groups in total. The Morgan fingerprint density at radius 1 is 1.03 bits per heavy atom. The number of ketones is 1. The Bertz CT molecular complexity index is 1040. The Balaban J connectivity index is 1.99. The van der Waals surface area contributed by atoms with Crippen molar-refractivity contribution in [1.29, 1.82) is 0 Å². The average molecular weight is 413 g/mol. The van der Waals surface area contributed by atoms with Crippen molar-refractivity contribution in [2.24, 2.45) is 0 Å². The van der Waals surface area contributed by atoms with Crippen molar-refractivity contribution in [2.75, 3.05) is 35.4 Å². The molecule has 1 heterocycles. The molecule has 0 fully saturated rings. The van der Waals surface area contributed by atoms with Crippen LogP contribution in [0.3, 0.4) is 0 Å². The first kappa shape index (κ1) is 21.0. The van der Waals surface area contributed by atoms with Gasteiger partial charge in [-0.3, -0.25) is 4.79 Å². The lowest BCUT2D eigenvalue weighted by Gasteiger charge is -2.14. The van der Waals surface area contributed by atoms with Crippen LogP contribution >= 0.6 is 0 Å². The number of allylic oxidation sites excluding steroid dienone is 1. The number of carbonyl (C=O) groups is 2. The van der Waals surface area contributed by atoms with Gasteiger partial charge in [0.2, 0.25) is 11.5 Å². The molecule has 30 heavy (non-hydrogen) atoms. The zero-order chi connectivity index (χ0) is 22.0. The third-order valence-corrected chi connectivity index (χ3v) is 4.54. The molecule has 0 saturated heterocycles. The highest BCUT2D eigenvalue weighted by Crippen LogP contribution is 2.42. The molecule has 158 valence electrons. The van der Waals surface area contributed by atoms with Gasteiger partial charge in [0.25, 0.3) is 0 Å². The largest absolute Gasteiger partial charge is 0.493 e. The smallest absolute Gasteiger partial charge is 0.414 e. The van der Waals surface area contributed by atoms with Gasteiger partial charge in [-0.2, -0.15) is 0 Å². The minimum atomic E-state index is -0.524. The molecule has 0 bridgehead atoms. The maximum atomic E-state index is 12.9. The monoisotopic (exact) mass is 413 g/mol. The van der Waals surface area contributed by atoms with E-state index in [4.69, 9.17) is 23.7 Å². The predicted molar refractivity (Wildman–Crippen MR) is 110 cm³/mol. The fourth-order valence-corrected chi connectivity index (χ4v) is 3.11. The Kier molecular flexibility index (Phi) is 5.86. The topological polar surface area (TPSA) is 83.5 Å².